The first-order valence-corrected chi connectivity index (χ1v) is 9.88. The lowest BCUT2D eigenvalue weighted by atomic mass is 9.99. The van der Waals surface area contributed by atoms with Gasteiger partial charge in [0.05, 0.1) is 24.3 Å². The molecule has 4 heterocycles. The molecule has 1 amide bonds. The minimum atomic E-state index is 0.0803. The van der Waals surface area contributed by atoms with Gasteiger partial charge in [0.25, 0.3) is 0 Å². The zero-order chi connectivity index (χ0) is 17.8. The third kappa shape index (κ3) is 4.61. The third-order valence-electron chi connectivity index (χ3n) is 5.84. The van der Waals surface area contributed by atoms with Crippen molar-refractivity contribution < 1.29 is 14.3 Å². The summed E-state index contributed by atoms with van der Waals surface area (Å²) in [5, 5.41) is 3.09. The molecule has 3 aliphatic heterocycles. The molecule has 1 aromatic heterocycles. The first-order valence-electron chi connectivity index (χ1n) is 9.88. The minimum Gasteiger partial charge on any atom is -0.381 e. The molecule has 3 fully saturated rings. The Hall–Kier alpha value is -1.50. The van der Waals surface area contributed by atoms with E-state index in [9.17, 15) is 4.79 Å². The van der Waals surface area contributed by atoms with E-state index in [4.69, 9.17) is 9.47 Å². The molecule has 0 spiro atoms. The number of carbonyl (C=O) groups excluding carboxylic acids is 1. The van der Waals surface area contributed by atoms with Crippen molar-refractivity contribution in [1.29, 1.82) is 0 Å². The van der Waals surface area contributed by atoms with Crippen molar-refractivity contribution in [1.82, 2.24) is 15.2 Å². The number of nitrogens with zero attached hydrogens (tertiary/aromatic N) is 2. The van der Waals surface area contributed by atoms with Crippen LogP contribution in [0, 0.1) is 11.8 Å². The van der Waals surface area contributed by atoms with Crippen molar-refractivity contribution >= 4 is 5.91 Å². The fraction of sp³-hybridized carbons (Fsp3) is 0.700. The van der Waals surface area contributed by atoms with Crippen LogP contribution in [0.2, 0.25) is 0 Å². The maximum atomic E-state index is 12.2. The fourth-order valence-corrected chi connectivity index (χ4v) is 4.42. The summed E-state index contributed by atoms with van der Waals surface area (Å²) in [6.07, 6.45) is 5.79. The van der Waals surface area contributed by atoms with Gasteiger partial charge in [0.2, 0.25) is 5.91 Å². The Morgan fingerprint density at radius 2 is 2.15 bits per heavy atom. The van der Waals surface area contributed by atoms with Crippen LogP contribution < -0.4 is 5.32 Å². The van der Waals surface area contributed by atoms with Crippen LogP contribution in [-0.2, 0) is 20.8 Å². The normalized spacial score (nSPS) is 29.6. The van der Waals surface area contributed by atoms with Crippen molar-refractivity contribution in [2.75, 3.05) is 32.8 Å². The van der Waals surface area contributed by atoms with Crippen LogP contribution in [0.4, 0.5) is 0 Å². The van der Waals surface area contributed by atoms with Crippen molar-refractivity contribution in [3.63, 3.8) is 0 Å². The highest BCUT2D eigenvalue weighted by Crippen LogP contribution is 2.34. The molecular weight excluding hydrogens is 330 g/mol. The molecule has 26 heavy (non-hydrogen) atoms. The van der Waals surface area contributed by atoms with E-state index in [-0.39, 0.29) is 18.1 Å². The van der Waals surface area contributed by atoms with Gasteiger partial charge in [-0.15, -0.1) is 0 Å². The number of hydrogen-bond donors (Lipinski definition) is 1. The smallest absolute Gasteiger partial charge is 0.222 e. The van der Waals surface area contributed by atoms with Gasteiger partial charge in [-0.25, -0.2) is 0 Å². The highest BCUT2D eigenvalue weighted by Gasteiger charge is 2.42. The lowest BCUT2D eigenvalue weighted by molar-refractivity contribution is -0.124. The van der Waals surface area contributed by atoms with E-state index >= 15 is 0 Å². The number of ether oxygens (including phenoxy) is 2. The number of hydrogen-bond acceptors (Lipinski definition) is 5. The molecular formula is C20H29N3O3. The second-order valence-electron chi connectivity index (χ2n) is 7.87. The lowest BCUT2D eigenvalue weighted by Gasteiger charge is -2.22. The van der Waals surface area contributed by atoms with Crippen LogP contribution in [0.25, 0.3) is 0 Å². The molecule has 0 aromatic carbocycles. The molecule has 3 atom stereocenters. The molecule has 4 rings (SSSR count). The molecule has 3 aliphatic rings. The van der Waals surface area contributed by atoms with Gasteiger partial charge in [-0.1, -0.05) is 6.07 Å². The van der Waals surface area contributed by atoms with Gasteiger partial charge in [0.15, 0.2) is 0 Å². The molecule has 0 unspecified atom stereocenters. The molecule has 0 aliphatic carbocycles. The second-order valence-corrected chi connectivity index (χ2v) is 7.87. The van der Waals surface area contributed by atoms with Crippen molar-refractivity contribution in [3.05, 3.63) is 30.1 Å². The first-order chi connectivity index (χ1) is 12.8. The standard InChI is InChI=1S/C20H29N3O3/c24-20(22-11-15-4-7-25-8-5-15)10-18-9-16-12-23(14-19(16)26-18)13-17-3-1-2-6-21-17/h1-3,6,15-16,18-19H,4-5,7-14H2,(H,22,24)/t16-,18+,19+/m1/s1. The summed E-state index contributed by atoms with van der Waals surface area (Å²) >= 11 is 0. The predicted octanol–water partition coefficient (Wildman–Crippen LogP) is 1.60. The number of carbonyl (C=O) groups is 1. The van der Waals surface area contributed by atoms with Gasteiger partial charge in [-0.2, -0.15) is 0 Å². The highest BCUT2D eigenvalue weighted by atomic mass is 16.5. The Kier molecular flexibility index (Phi) is 5.82. The number of likely N-dealkylation sites (tertiary alicyclic amines) is 1. The van der Waals surface area contributed by atoms with E-state index in [0.29, 0.717) is 18.3 Å². The number of fused-ring (bicyclic) bond motifs is 1. The molecule has 1 N–H and O–H groups in total. The van der Waals surface area contributed by atoms with Crippen LogP contribution in [0.3, 0.4) is 0 Å². The average molecular weight is 359 g/mol. The second kappa shape index (κ2) is 8.46. The topological polar surface area (TPSA) is 63.7 Å². The summed E-state index contributed by atoms with van der Waals surface area (Å²) in [7, 11) is 0. The van der Waals surface area contributed by atoms with Crippen LogP contribution in [0.1, 0.15) is 31.4 Å². The maximum absolute atomic E-state index is 12.2. The van der Waals surface area contributed by atoms with Crippen LogP contribution >= 0.6 is 0 Å². The van der Waals surface area contributed by atoms with Gasteiger partial charge in [0.1, 0.15) is 0 Å². The van der Waals surface area contributed by atoms with E-state index in [1.54, 1.807) is 0 Å². The Bertz CT molecular complexity index is 577. The molecule has 3 saturated heterocycles. The zero-order valence-electron chi connectivity index (χ0n) is 15.3. The van der Waals surface area contributed by atoms with E-state index in [2.05, 4.69) is 21.3 Å². The predicted molar refractivity (Wildman–Crippen MR) is 97.5 cm³/mol. The minimum absolute atomic E-state index is 0.0803. The zero-order valence-corrected chi connectivity index (χ0v) is 15.3. The number of nitrogens with one attached hydrogen (secondary N) is 1. The van der Waals surface area contributed by atoms with Gasteiger partial charge in [0, 0.05) is 51.5 Å². The Morgan fingerprint density at radius 1 is 1.27 bits per heavy atom. The molecule has 6 nitrogen and oxygen atoms in total. The molecule has 142 valence electrons. The summed E-state index contributed by atoms with van der Waals surface area (Å²) in [5.41, 5.74) is 1.11. The van der Waals surface area contributed by atoms with Gasteiger partial charge in [-0.3, -0.25) is 14.7 Å². The van der Waals surface area contributed by atoms with E-state index in [1.807, 2.05) is 18.3 Å². The molecule has 0 radical (unpaired) electrons. The summed E-state index contributed by atoms with van der Waals surface area (Å²) in [4.78, 5) is 19.0. The van der Waals surface area contributed by atoms with Crippen LogP contribution in [0.5, 0.6) is 0 Å². The Morgan fingerprint density at radius 3 is 2.92 bits per heavy atom. The Labute approximate surface area is 155 Å². The third-order valence-corrected chi connectivity index (χ3v) is 5.84. The quantitative estimate of drug-likeness (QED) is 0.836. The summed E-state index contributed by atoms with van der Waals surface area (Å²) < 4.78 is 11.5. The van der Waals surface area contributed by atoms with Crippen molar-refractivity contribution in [2.45, 2.75) is 44.4 Å². The number of rotatable bonds is 6. The molecule has 6 heteroatoms. The first kappa shape index (κ1) is 17.9. The van der Waals surface area contributed by atoms with Gasteiger partial charge < -0.3 is 14.8 Å². The Balaban J connectivity index is 1.17. The average Bonchev–Trinajstić information content (AvgIpc) is 3.19. The van der Waals surface area contributed by atoms with E-state index < -0.39 is 0 Å². The van der Waals surface area contributed by atoms with E-state index in [1.165, 1.54) is 0 Å². The lowest BCUT2D eigenvalue weighted by Crippen LogP contribution is -2.34. The maximum Gasteiger partial charge on any atom is 0.222 e. The molecule has 0 bridgehead atoms. The van der Waals surface area contributed by atoms with Crippen molar-refractivity contribution in [3.8, 4) is 0 Å². The fourth-order valence-electron chi connectivity index (χ4n) is 4.42. The summed E-state index contributed by atoms with van der Waals surface area (Å²) in [6.45, 7) is 5.30. The van der Waals surface area contributed by atoms with Crippen LogP contribution in [-0.4, -0.2) is 60.8 Å². The van der Waals surface area contributed by atoms with Crippen molar-refractivity contribution in [2.24, 2.45) is 11.8 Å². The van der Waals surface area contributed by atoms with Crippen LogP contribution in [0.15, 0.2) is 24.4 Å². The van der Waals surface area contributed by atoms with E-state index in [0.717, 1.165) is 64.3 Å². The number of amides is 1. The molecule has 1 aromatic rings. The number of pyridine rings is 1. The summed E-state index contributed by atoms with van der Waals surface area (Å²) in [5.74, 6) is 1.25. The highest BCUT2D eigenvalue weighted by molar-refractivity contribution is 5.76. The monoisotopic (exact) mass is 359 g/mol. The summed E-state index contributed by atoms with van der Waals surface area (Å²) in [6, 6.07) is 6.05. The SMILES string of the molecule is O=C(C[C@@H]1C[C@@H]2CN(Cc3ccccn3)C[C@@H]2O1)NCC1CCOCC1. The largest absolute Gasteiger partial charge is 0.381 e. The van der Waals surface area contributed by atoms with Gasteiger partial charge >= 0.3 is 0 Å². The number of aromatic nitrogens is 1. The van der Waals surface area contributed by atoms with Gasteiger partial charge in [-0.05, 0) is 37.3 Å². The molecule has 0 saturated carbocycles.